The average Bonchev–Trinajstić information content (AvgIpc) is 2.85. The molecule has 0 radical (unpaired) electrons. The number of carbonyl (C=O) groups excluding carboxylic acids is 1. The van der Waals surface area contributed by atoms with E-state index in [1.807, 2.05) is 0 Å². The first-order valence-electron chi connectivity index (χ1n) is 5.43. The summed E-state index contributed by atoms with van der Waals surface area (Å²) in [4.78, 5) is 11.4. The van der Waals surface area contributed by atoms with Gasteiger partial charge in [0.25, 0.3) is 5.91 Å². The normalized spacial score (nSPS) is 11.4. The Balaban J connectivity index is 2.09. The van der Waals surface area contributed by atoms with Crippen molar-refractivity contribution in [2.75, 3.05) is 6.54 Å². The summed E-state index contributed by atoms with van der Waals surface area (Å²) in [6.07, 6.45) is -4.50. The van der Waals surface area contributed by atoms with Crippen molar-refractivity contribution >= 4 is 5.91 Å². The molecule has 2 rings (SSSR count). The van der Waals surface area contributed by atoms with Gasteiger partial charge < -0.3 is 9.84 Å². The zero-order valence-electron chi connectivity index (χ0n) is 9.87. The molecule has 20 heavy (non-hydrogen) atoms. The second kappa shape index (κ2) is 5.32. The minimum atomic E-state index is -4.50. The minimum absolute atomic E-state index is 0.155. The van der Waals surface area contributed by atoms with Gasteiger partial charge in [-0.2, -0.15) is 13.2 Å². The third kappa shape index (κ3) is 3.56. The van der Waals surface area contributed by atoms with Crippen LogP contribution in [0.1, 0.15) is 10.5 Å². The lowest BCUT2D eigenvalue weighted by molar-refractivity contribution is -0.123. The number of halogens is 4. The van der Waals surface area contributed by atoms with Gasteiger partial charge in [-0.15, -0.1) is 0 Å². The number of amides is 1. The lowest BCUT2D eigenvalue weighted by Crippen LogP contribution is -2.33. The fraction of sp³-hybridized carbons (Fsp3) is 0.167. The fourth-order valence-electron chi connectivity index (χ4n) is 1.40. The van der Waals surface area contributed by atoms with E-state index in [9.17, 15) is 22.4 Å². The van der Waals surface area contributed by atoms with Crippen LogP contribution in [0.25, 0.3) is 11.3 Å². The molecule has 0 aliphatic rings. The molecule has 0 saturated heterocycles. The molecule has 0 saturated carbocycles. The van der Waals surface area contributed by atoms with Crippen molar-refractivity contribution in [2.45, 2.75) is 6.18 Å². The summed E-state index contributed by atoms with van der Waals surface area (Å²) in [7, 11) is 0. The molecule has 1 aromatic carbocycles. The molecule has 0 bridgehead atoms. The summed E-state index contributed by atoms with van der Waals surface area (Å²) in [5.41, 5.74) is 0.169. The lowest BCUT2D eigenvalue weighted by Gasteiger charge is -2.05. The summed E-state index contributed by atoms with van der Waals surface area (Å²) in [6, 6.07) is 6.34. The van der Waals surface area contributed by atoms with Crippen molar-refractivity contribution in [3.05, 3.63) is 41.8 Å². The number of carbonyl (C=O) groups is 1. The summed E-state index contributed by atoms with van der Waals surface area (Å²) in [6.45, 7) is -1.45. The van der Waals surface area contributed by atoms with Crippen molar-refractivity contribution < 1.29 is 26.9 Å². The van der Waals surface area contributed by atoms with E-state index in [0.29, 0.717) is 5.56 Å². The number of hydrogen-bond donors (Lipinski definition) is 1. The Morgan fingerprint density at radius 3 is 2.50 bits per heavy atom. The van der Waals surface area contributed by atoms with Crippen LogP contribution in [0.2, 0.25) is 0 Å². The van der Waals surface area contributed by atoms with Crippen LogP contribution >= 0.6 is 0 Å². The maximum atomic E-state index is 12.7. The Bertz CT molecular complexity index is 605. The first-order chi connectivity index (χ1) is 9.35. The Morgan fingerprint density at radius 1 is 1.25 bits per heavy atom. The molecule has 1 N–H and O–H groups in total. The molecule has 0 atom stereocenters. The maximum absolute atomic E-state index is 12.7. The van der Waals surface area contributed by atoms with Crippen molar-refractivity contribution in [3.8, 4) is 11.3 Å². The van der Waals surface area contributed by atoms with Crippen LogP contribution in [0.15, 0.2) is 34.9 Å². The largest absolute Gasteiger partial charge is 0.405 e. The first-order valence-corrected chi connectivity index (χ1v) is 5.43. The van der Waals surface area contributed by atoms with Gasteiger partial charge in [0.1, 0.15) is 12.4 Å². The molecule has 1 heterocycles. The zero-order chi connectivity index (χ0) is 14.8. The van der Waals surface area contributed by atoms with E-state index >= 15 is 0 Å². The molecule has 0 aliphatic heterocycles. The second-order valence-electron chi connectivity index (χ2n) is 3.88. The van der Waals surface area contributed by atoms with Gasteiger partial charge in [0.05, 0.1) is 0 Å². The minimum Gasteiger partial charge on any atom is -0.355 e. The zero-order valence-corrected chi connectivity index (χ0v) is 9.87. The Labute approximate surface area is 110 Å². The Kier molecular flexibility index (Phi) is 3.73. The highest BCUT2D eigenvalue weighted by atomic mass is 19.4. The van der Waals surface area contributed by atoms with Gasteiger partial charge in [-0.05, 0) is 24.3 Å². The molecule has 8 heteroatoms. The van der Waals surface area contributed by atoms with E-state index in [1.54, 1.807) is 5.32 Å². The van der Waals surface area contributed by atoms with E-state index in [1.165, 1.54) is 30.3 Å². The van der Waals surface area contributed by atoms with E-state index in [4.69, 9.17) is 4.52 Å². The second-order valence-corrected chi connectivity index (χ2v) is 3.88. The van der Waals surface area contributed by atoms with Gasteiger partial charge in [0.15, 0.2) is 11.5 Å². The lowest BCUT2D eigenvalue weighted by atomic mass is 10.1. The molecule has 2 aromatic rings. The molecule has 106 valence electrons. The van der Waals surface area contributed by atoms with Gasteiger partial charge in [-0.1, -0.05) is 5.16 Å². The maximum Gasteiger partial charge on any atom is 0.405 e. The van der Waals surface area contributed by atoms with Crippen molar-refractivity contribution in [1.29, 1.82) is 0 Å². The van der Waals surface area contributed by atoms with Crippen molar-refractivity contribution in [2.24, 2.45) is 0 Å². The van der Waals surface area contributed by atoms with Gasteiger partial charge >= 0.3 is 6.18 Å². The number of nitrogens with zero attached hydrogens (tertiary/aromatic N) is 1. The smallest absolute Gasteiger partial charge is 0.355 e. The summed E-state index contributed by atoms with van der Waals surface area (Å²) in [5, 5.41) is 5.03. The van der Waals surface area contributed by atoms with E-state index in [0.717, 1.165) is 0 Å². The van der Waals surface area contributed by atoms with Crippen LogP contribution in [0.4, 0.5) is 17.6 Å². The number of rotatable bonds is 3. The predicted octanol–water partition coefficient (Wildman–Crippen LogP) is 2.77. The average molecular weight is 288 g/mol. The third-order valence-electron chi connectivity index (χ3n) is 2.32. The van der Waals surface area contributed by atoms with Gasteiger partial charge in [0, 0.05) is 11.6 Å². The quantitative estimate of drug-likeness (QED) is 0.884. The van der Waals surface area contributed by atoms with Gasteiger partial charge in [0.2, 0.25) is 0 Å². The van der Waals surface area contributed by atoms with Crippen LogP contribution in [0.3, 0.4) is 0 Å². The molecule has 4 nitrogen and oxygen atoms in total. The van der Waals surface area contributed by atoms with E-state index in [-0.39, 0.29) is 11.5 Å². The monoisotopic (exact) mass is 288 g/mol. The number of benzene rings is 1. The third-order valence-corrected chi connectivity index (χ3v) is 2.32. The summed E-state index contributed by atoms with van der Waals surface area (Å²) < 4.78 is 53.4. The molecular weight excluding hydrogens is 280 g/mol. The summed E-state index contributed by atoms with van der Waals surface area (Å²) in [5.74, 6) is -1.29. The topological polar surface area (TPSA) is 55.1 Å². The van der Waals surface area contributed by atoms with Crippen molar-refractivity contribution in [1.82, 2.24) is 10.5 Å². The predicted molar refractivity (Wildman–Crippen MR) is 60.3 cm³/mol. The van der Waals surface area contributed by atoms with Gasteiger partial charge in [-0.25, -0.2) is 4.39 Å². The van der Waals surface area contributed by atoms with Gasteiger partial charge in [-0.3, -0.25) is 4.79 Å². The molecule has 1 amide bonds. The van der Waals surface area contributed by atoms with E-state index < -0.39 is 24.4 Å². The molecule has 0 spiro atoms. The highest BCUT2D eigenvalue weighted by molar-refractivity contribution is 5.93. The van der Waals surface area contributed by atoms with Crippen LogP contribution in [-0.4, -0.2) is 23.8 Å². The van der Waals surface area contributed by atoms with E-state index in [2.05, 4.69) is 5.16 Å². The molecule has 0 unspecified atom stereocenters. The SMILES string of the molecule is O=C(NCC(F)(F)F)c1cc(-c2ccc(F)cc2)on1. The van der Waals surface area contributed by atoms with Crippen molar-refractivity contribution in [3.63, 3.8) is 0 Å². The highest BCUT2D eigenvalue weighted by Gasteiger charge is 2.28. The van der Waals surface area contributed by atoms with Crippen LogP contribution in [0.5, 0.6) is 0 Å². The number of nitrogens with one attached hydrogen (secondary N) is 1. The Hall–Kier alpha value is -2.38. The highest BCUT2D eigenvalue weighted by Crippen LogP contribution is 2.20. The molecule has 1 aromatic heterocycles. The van der Waals surface area contributed by atoms with Crippen LogP contribution in [0, 0.1) is 5.82 Å². The molecular formula is C12H8F4N2O2. The molecule has 0 aliphatic carbocycles. The number of hydrogen-bond acceptors (Lipinski definition) is 3. The standard InChI is InChI=1S/C12H8F4N2O2/c13-8-3-1-7(2-4-8)10-5-9(18-20-10)11(19)17-6-12(14,15)16/h1-5H,6H2,(H,17,19). The number of aromatic nitrogens is 1. The molecule has 0 fully saturated rings. The Morgan fingerprint density at radius 2 is 1.90 bits per heavy atom. The first kappa shape index (κ1) is 14.0. The summed E-state index contributed by atoms with van der Waals surface area (Å²) >= 11 is 0. The number of alkyl halides is 3. The fourth-order valence-corrected chi connectivity index (χ4v) is 1.40. The van der Waals surface area contributed by atoms with Crippen LogP contribution in [-0.2, 0) is 0 Å². The van der Waals surface area contributed by atoms with Crippen LogP contribution < -0.4 is 5.32 Å².